The van der Waals surface area contributed by atoms with Crippen LogP contribution in [0.5, 0.6) is 0 Å². The number of benzene rings is 12. The van der Waals surface area contributed by atoms with Crippen LogP contribution in [0.2, 0.25) is 0 Å². The molecular weight excluding hydrogens is 807 g/mol. The topological polar surface area (TPSA) is 3.24 Å². The summed E-state index contributed by atoms with van der Waals surface area (Å²) >= 11 is 0. The van der Waals surface area contributed by atoms with E-state index in [9.17, 15) is 0 Å². The summed E-state index contributed by atoms with van der Waals surface area (Å²) in [7, 11) is 0. The third-order valence-electron chi connectivity index (χ3n) is 13.3. The van der Waals surface area contributed by atoms with Crippen molar-refractivity contribution >= 4 is 49.4 Å². The van der Waals surface area contributed by atoms with Crippen molar-refractivity contribution < 1.29 is 0 Å². The van der Waals surface area contributed by atoms with Gasteiger partial charge in [0.2, 0.25) is 0 Å². The number of fused-ring (bicyclic) bond motifs is 3. The quantitative estimate of drug-likeness (QED) is 0.140. The number of hydrogen-bond acceptors (Lipinski definition) is 1. The van der Waals surface area contributed by atoms with Gasteiger partial charge in [-0.2, -0.15) is 0 Å². The molecule has 12 aromatic rings. The van der Waals surface area contributed by atoms with Crippen molar-refractivity contribution in [3.8, 4) is 66.8 Å². The molecule has 0 atom stereocenters. The summed E-state index contributed by atoms with van der Waals surface area (Å²) in [6.07, 6.45) is 0. The van der Waals surface area contributed by atoms with Gasteiger partial charge >= 0.3 is 0 Å². The summed E-state index contributed by atoms with van der Waals surface area (Å²) in [5.74, 6) is 0. The molecule has 0 saturated carbocycles. The summed E-state index contributed by atoms with van der Waals surface area (Å²) in [6.45, 7) is 0. The largest absolute Gasteiger partial charge is 0.309 e. The van der Waals surface area contributed by atoms with Gasteiger partial charge in [-0.25, -0.2) is 0 Å². The van der Waals surface area contributed by atoms with Crippen LogP contribution in [0.15, 0.2) is 273 Å². The lowest BCUT2D eigenvalue weighted by Crippen LogP contribution is -2.11. The van der Waals surface area contributed by atoms with Gasteiger partial charge in [0, 0.05) is 16.5 Å². The van der Waals surface area contributed by atoms with Gasteiger partial charge in [0.25, 0.3) is 0 Å². The highest BCUT2D eigenvalue weighted by Crippen LogP contribution is 2.52. The highest BCUT2D eigenvalue weighted by molar-refractivity contribution is 6.19. The van der Waals surface area contributed by atoms with Crippen LogP contribution >= 0.6 is 0 Å². The minimum Gasteiger partial charge on any atom is -0.309 e. The van der Waals surface area contributed by atoms with Crippen molar-refractivity contribution in [3.05, 3.63) is 273 Å². The van der Waals surface area contributed by atoms with Crippen LogP contribution in [0.25, 0.3) is 99.1 Å². The van der Waals surface area contributed by atoms with Gasteiger partial charge in [-0.15, -0.1) is 0 Å². The van der Waals surface area contributed by atoms with Crippen LogP contribution in [0, 0.1) is 0 Å². The second-order valence-electron chi connectivity index (χ2n) is 17.1. The molecule has 0 saturated heterocycles. The zero-order valence-corrected chi connectivity index (χ0v) is 36.9. The van der Waals surface area contributed by atoms with E-state index < -0.39 is 0 Å². The summed E-state index contributed by atoms with van der Waals surface area (Å²) < 4.78 is 0. The standard InChI is InChI=1S/C66H45N/c1-6-21-46(22-7-1)47-37-40-54(41-38-47)67(61-36-20-32-48-23-16-17-33-56(48)61)62-44-43-55(57-34-18-19-35-58(57)62)53-39-42-59-60(45-53)64(50-26-10-3-11-27-50)66(52-30-14-5-15-31-52)65(51-28-12-4-13-29-51)63(59)49-24-8-2-9-25-49/h1-45H. The van der Waals surface area contributed by atoms with E-state index in [-0.39, 0.29) is 0 Å². The lowest BCUT2D eigenvalue weighted by Gasteiger charge is -2.29. The maximum absolute atomic E-state index is 2.46. The van der Waals surface area contributed by atoms with Crippen LogP contribution < -0.4 is 4.90 Å². The Kier molecular flexibility index (Phi) is 10.3. The molecule has 0 amide bonds. The van der Waals surface area contributed by atoms with E-state index in [1.165, 1.54) is 99.1 Å². The van der Waals surface area contributed by atoms with E-state index in [0.29, 0.717) is 0 Å². The fourth-order valence-electron chi connectivity index (χ4n) is 10.2. The molecule has 0 aliphatic heterocycles. The molecule has 0 aliphatic rings. The molecule has 1 heteroatoms. The van der Waals surface area contributed by atoms with E-state index in [2.05, 4.69) is 278 Å². The molecule has 12 aromatic carbocycles. The Labute approximate surface area is 392 Å². The predicted octanol–water partition coefficient (Wildman–Crippen LogP) is 18.6. The highest BCUT2D eigenvalue weighted by atomic mass is 15.1. The number of rotatable bonds is 9. The third-order valence-corrected chi connectivity index (χ3v) is 13.3. The van der Waals surface area contributed by atoms with Gasteiger partial charge in [-0.05, 0) is 119 Å². The molecule has 0 bridgehead atoms. The molecular formula is C66H45N. The van der Waals surface area contributed by atoms with Crippen LogP contribution in [-0.2, 0) is 0 Å². The Balaban J connectivity index is 1.12. The molecule has 0 aliphatic carbocycles. The van der Waals surface area contributed by atoms with Crippen molar-refractivity contribution in [3.63, 3.8) is 0 Å². The summed E-state index contributed by atoms with van der Waals surface area (Å²) in [4.78, 5) is 2.44. The minimum atomic E-state index is 1.10. The zero-order chi connectivity index (χ0) is 44.5. The molecule has 0 unspecified atom stereocenters. The SMILES string of the molecule is c1ccc(-c2ccc(N(c3cccc4ccccc34)c3ccc(-c4ccc5c(-c6ccccc6)c(-c6ccccc6)c(-c6ccccc6)c(-c6ccccc6)c5c4)c4ccccc34)cc2)cc1. The van der Waals surface area contributed by atoms with Gasteiger partial charge in [-0.3, -0.25) is 0 Å². The fraction of sp³-hybridized carbons (Fsp3) is 0. The van der Waals surface area contributed by atoms with Crippen LogP contribution in [0.1, 0.15) is 0 Å². The molecule has 314 valence electrons. The van der Waals surface area contributed by atoms with Crippen molar-refractivity contribution in [1.29, 1.82) is 0 Å². The van der Waals surface area contributed by atoms with E-state index in [0.717, 1.165) is 17.1 Å². The molecule has 0 spiro atoms. The van der Waals surface area contributed by atoms with E-state index in [4.69, 9.17) is 0 Å². The number of nitrogens with zero attached hydrogens (tertiary/aromatic N) is 1. The lowest BCUT2D eigenvalue weighted by atomic mass is 9.78. The zero-order valence-electron chi connectivity index (χ0n) is 36.9. The normalized spacial score (nSPS) is 11.3. The Morgan fingerprint density at radius 1 is 0.209 bits per heavy atom. The summed E-state index contributed by atoms with van der Waals surface area (Å²) in [5.41, 5.74) is 17.8. The molecule has 12 rings (SSSR count). The number of hydrogen-bond donors (Lipinski definition) is 0. The maximum Gasteiger partial charge on any atom is 0.0540 e. The summed E-state index contributed by atoms with van der Waals surface area (Å²) in [6, 6.07) is 99.6. The molecule has 0 aromatic heterocycles. The Bertz CT molecular complexity index is 3690. The van der Waals surface area contributed by atoms with E-state index in [1.54, 1.807) is 0 Å². The first-order valence-electron chi connectivity index (χ1n) is 23.1. The van der Waals surface area contributed by atoms with E-state index in [1.807, 2.05) is 0 Å². The Morgan fingerprint density at radius 3 is 1.21 bits per heavy atom. The second-order valence-corrected chi connectivity index (χ2v) is 17.1. The Morgan fingerprint density at radius 2 is 0.627 bits per heavy atom. The monoisotopic (exact) mass is 851 g/mol. The van der Waals surface area contributed by atoms with Crippen LogP contribution in [-0.4, -0.2) is 0 Å². The van der Waals surface area contributed by atoms with Gasteiger partial charge in [0.15, 0.2) is 0 Å². The van der Waals surface area contributed by atoms with Crippen LogP contribution in [0.3, 0.4) is 0 Å². The van der Waals surface area contributed by atoms with Crippen LogP contribution in [0.4, 0.5) is 17.1 Å². The van der Waals surface area contributed by atoms with Gasteiger partial charge < -0.3 is 4.90 Å². The van der Waals surface area contributed by atoms with Gasteiger partial charge in [0.1, 0.15) is 0 Å². The molecule has 0 fully saturated rings. The van der Waals surface area contributed by atoms with Crippen molar-refractivity contribution in [2.24, 2.45) is 0 Å². The lowest BCUT2D eigenvalue weighted by molar-refractivity contribution is 1.31. The Hall–Kier alpha value is -8.78. The average Bonchev–Trinajstić information content (AvgIpc) is 3.41. The molecule has 1 nitrogen and oxygen atoms in total. The average molecular weight is 852 g/mol. The first-order chi connectivity index (χ1) is 33.3. The van der Waals surface area contributed by atoms with Crippen molar-refractivity contribution in [2.45, 2.75) is 0 Å². The maximum atomic E-state index is 2.46. The second kappa shape index (κ2) is 17.3. The summed E-state index contributed by atoms with van der Waals surface area (Å²) in [5, 5.41) is 7.21. The highest BCUT2D eigenvalue weighted by Gasteiger charge is 2.25. The van der Waals surface area contributed by atoms with Crippen molar-refractivity contribution in [2.75, 3.05) is 4.90 Å². The van der Waals surface area contributed by atoms with Crippen molar-refractivity contribution in [1.82, 2.24) is 0 Å². The van der Waals surface area contributed by atoms with Gasteiger partial charge in [0.05, 0.1) is 11.4 Å². The molecule has 0 heterocycles. The first-order valence-corrected chi connectivity index (χ1v) is 23.1. The van der Waals surface area contributed by atoms with Gasteiger partial charge in [-0.1, -0.05) is 243 Å². The van der Waals surface area contributed by atoms with E-state index >= 15 is 0 Å². The molecule has 0 radical (unpaired) electrons. The first kappa shape index (κ1) is 39.8. The molecule has 0 N–H and O–H groups in total. The smallest absolute Gasteiger partial charge is 0.0540 e. The fourth-order valence-corrected chi connectivity index (χ4v) is 10.2. The number of anilines is 3. The molecule has 67 heavy (non-hydrogen) atoms. The third kappa shape index (κ3) is 7.24. The predicted molar refractivity (Wildman–Crippen MR) is 286 cm³/mol. The minimum absolute atomic E-state index is 1.10.